The number of hydrogen-bond acceptors (Lipinski definition) is 3. The van der Waals surface area contributed by atoms with E-state index in [-0.39, 0.29) is 17.1 Å². The van der Waals surface area contributed by atoms with Crippen molar-refractivity contribution in [2.24, 2.45) is 0 Å². The Balaban J connectivity index is 2.09. The summed E-state index contributed by atoms with van der Waals surface area (Å²) in [5, 5.41) is 16.2. The van der Waals surface area contributed by atoms with E-state index in [1.165, 1.54) is 18.3 Å². The van der Waals surface area contributed by atoms with Crippen molar-refractivity contribution in [1.29, 1.82) is 0 Å². The Kier molecular flexibility index (Phi) is 3.02. The van der Waals surface area contributed by atoms with Gasteiger partial charge in [0.05, 0.1) is 11.7 Å². The van der Waals surface area contributed by atoms with Gasteiger partial charge in [0, 0.05) is 11.5 Å². The van der Waals surface area contributed by atoms with Gasteiger partial charge in [-0.05, 0) is 24.3 Å². The van der Waals surface area contributed by atoms with E-state index < -0.39 is 17.6 Å². The number of nitrogens with zero attached hydrogens (tertiary/aromatic N) is 1. The maximum atomic E-state index is 13.6. The maximum Gasteiger partial charge on any atom is 0.339 e. The molecule has 0 saturated carbocycles. The maximum absolute atomic E-state index is 13.6. The van der Waals surface area contributed by atoms with Gasteiger partial charge in [0.15, 0.2) is 11.6 Å². The Morgan fingerprint density at radius 2 is 2.00 bits per heavy atom. The highest BCUT2D eigenvalue weighted by atomic mass is 19.1. The summed E-state index contributed by atoms with van der Waals surface area (Å²) < 4.78 is 31.7. The molecule has 3 rings (SSSR count). The number of rotatable bonds is 3. The van der Waals surface area contributed by atoms with Crippen molar-refractivity contribution in [2.75, 3.05) is 0 Å². The quantitative estimate of drug-likeness (QED) is 0.775. The average Bonchev–Trinajstić information content (AvgIpc) is 2.88. The first-order valence-corrected chi connectivity index (χ1v) is 5.88. The Morgan fingerprint density at radius 3 is 2.71 bits per heavy atom. The Bertz CT molecular complexity index is 845. The van der Waals surface area contributed by atoms with Gasteiger partial charge in [-0.15, -0.1) is 0 Å². The molecule has 0 radical (unpaired) electrons. The molecule has 2 aromatic carbocycles. The SMILES string of the molecule is O=C(O)c1cc2[nH]ncc2cc1Oc1ccc(F)cc1F. The second kappa shape index (κ2) is 4.86. The normalized spacial score (nSPS) is 10.8. The lowest BCUT2D eigenvalue weighted by Gasteiger charge is -2.09. The average molecular weight is 290 g/mol. The monoisotopic (exact) mass is 290 g/mol. The molecule has 2 N–H and O–H groups in total. The molecule has 0 saturated heterocycles. The van der Waals surface area contributed by atoms with Crippen LogP contribution in [-0.2, 0) is 0 Å². The number of nitrogens with one attached hydrogen (secondary N) is 1. The number of carboxylic acids is 1. The number of aromatic amines is 1. The van der Waals surface area contributed by atoms with Gasteiger partial charge in [0.2, 0.25) is 0 Å². The predicted molar refractivity (Wildman–Crippen MR) is 69.5 cm³/mol. The van der Waals surface area contributed by atoms with Crippen molar-refractivity contribution >= 4 is 16.9 Å². The summed E-state index contributed by atoms with van der Waals surface area (Å²) in [6, 6.07) is 5.53. The second-order valence-electron chi connectivity index (χ2n) is 4.29. The fraction of sp³-hybridized carbons (Fsp3) is 0. The number of carbonyl (C=O) groups is 1. The van der Waals surface area contributed by atoms with Crippen molar-refractivity contribution < 1.29 is 23.4 Å². The van der Waals surface area contributed by atoms with Gasteiger partial charge >= 0.3 is 5.97 Å². The number of aromatic nitrogens is 2. The lowest BCUT2D eigenvalue weighted by Crippen LogP contribution is -2.01. The van der Waals surface area contributed by atoms with E-state index in [0.29, 0.717) is 17.0 Å². The van der Waals surface area contributed by atoms with E-state index in [0.717, 1.165) is 12.1 Å². The van der Waals surface area contributed by atoms with E-state index in [1.54, 1.807) is 0 Å². The van der Waals surface area contributed by atoms with Crippen LogP contribution in [0.5, 0.6) is 11.5 Å². The first-order chi connectivity index (χ1) is 10.0. The van der Waals surface area contributed by atoms with E-state index >= 15 is 0 Å². The van der Waals surface area contributed by atoms with Crippen molar-refractivity contribution in [3.05, 3.63) is 53.7 Å². The minimum Gasteiger partial charge on any atom is -0.478 e. The number of ether oxygens (including phenoxy) is 1. The first-order valence-electron chi connectivity index (χ1n) is 5.88. The molecule has 0 bridgehead atoms. The summed E-state index contributed by atoms with van der Waals surface area (Å²) in [5.74, 6) is -3.21. The summed E-state index contributed by atoms with van der Waals surface area (Å²) in [6.45, 7) is 0. The molecule has 1 aromatic heterocycles. The smallest absolute Gasteiger partial charge is 0.339 e. The van der Waals surface area contributed by atoms with Crippen molar-refractivity contribution in [3.8, 4) is 11.5 Å². The fourth-order valence-electron chi connectivity index (χ4n) is 1.90. The number of benzene rings is 2. The molecule has 3 aromatic rings. The molecule has 21 heavy (non-hydrogen) atoms. The largest absolute Gasteiger partial charge is 0.478 e. The molecule has 0 aliphatic rings. The molecule has 5 nitrogen and oxygen atoms in total. The fourth-order valence-corrected chi connectivity index (χ4v) is 1.90. The van der Waals surface area contributed by atoms with Crippen LogP contribution in [0.15, 0.2) is 36.5 Å². The number of hydrogen-bond donors (Lipinski definition) is 2. The third-order valence-corrected chi connectivity index (χ3v) is 2.88. The van der Waals surface area contributed by atoms with Crippen LogP contribution >= 0.6 is 0 Å². The van der Waals surface area contributed by atoms with E-state index in [9.17, 15) is 18.7 Å². The van der Waals surface area contributed by atoms with Crippen LogP contribution in [0.3, 0.4) is 0 Å². The lowest BCUT2D eigenvalue weighted by atomic mass is 10.1. The third-order valence-electron chi connectivity index (χ3n) is 2.88. The predicted octanol–water partition coefficient (Wildman–Crippen LogP) is 3.33. The van der Waals surface area contributed by atoms with Crippen LogP contribution < -0.4 is 4.74 Å². The van der Waals surface area contributed by atoms with E-state index in [2.05, 4.69) is 10.2 Å². The van der Waals surface area contributed by atoms with Gasteiger partial charge < -0.3 is 9.84 Å². The number of fused-ring (bicyclic) bond motifs is 1. The molecular formula is C14H8F2N2O3. The molecular weight excluding hydrogens is 282 g/mol. The number of aromatic carboxylic acids is 1. The Hall–Kier alpha value is -2.96. The number of halogens is 2. The molecule has 0 aliphatic carbocycles. The lowest BCUT2D eigenvalue weighted by molar-refractivity contribution is 0.0694. The molecule has 0 atom stereocenters. The zero-order valence-electron chi connectivity index (χ0n) is 10.4. The number of H-pyrrole nitrogens is 1. The zero-order chi connectivity index (χ0) is 15.0. The van der Waals surface area contributed by atoms with Gasteiger partial charge in [-0.1, -0.05) is 0 Å². The van der Waals surface area contributed by atoms with E-state index in [1.807, 2.05) is 0 Å². The van der Waals surface area contributed by atoms with Crippen LogP contribution in [0.2, 0.25) is 0 Å². The molecule has 1 heterocycles. The summed E-state index contributed by atoms with van der Waals surface area (Å²) in [7, 11) is 0. The molecule has 0 unspecified atom stereocenters. The van der Waals surface area contributed by atoms with E-state index in [4.69, 9.17) is 4.74 Å². The molecule has 7 heteroatoms. The van der Waals surface area contributed by atoms with Crippen molar-refractivity contribution in [2.45, 2.75) is 0 Å². The summed E-state index contributed by atoms with van der Waals surface area (Å²) in [5.41, 5.74) is 0.356. The van der Waals surface area contributed by atoms with Gasteiger partial charge in [0.1, 0.15) is 17.1 Å². The molecule has 106 valence electrons. The van der Waals surface area contributed by atoms with Crippen LogP contribution in [-0.4, -0.2) is 21.3 Å². The zero-order valence-corrected chi connectivity index (χ0v) is 10.4. The van der Waals surface area contributed by atoms with Gasteiger partial charge in [-0.3, -0.25) is 5.10 Å². The van der Waals surface area contributed by atoms with Gasteiger partial charge in [-0.2, -0.15) is 5.10 Å². The topological polar surface area (TPSA) is 75.2 Å². The minimum atomic E-state index is -1.23. The molecule has 0 fully saturated rings. The molecule has 0 spiro atoms. The van der Waals surface area contributed by atoms with Crippen LogP contribution in [0, 0.1) is 11.6 Å². The van der Waals surface area contributed by atoms with Crippen molar-refractivity contribution in [1.82, 2.24) is 10.2 Å². The highest BCUT2D eigenvalue weighted by Gasteiger charge is 2.16. The first kappa shape index (κ1) is 13.0. The Labute approximate surface area is 116 Å². The molecule has 0 amide bonds. The van der Waals surface area contributed by atoms with Gasteiger partial charge in [0.25, 0.3) is 0 Å². The van der Waals surface area contributed by atoms with Crippen LogP contribution in [0.25, 0.3) is 10.9 Å². The highest BCUT2D eigenvalue weighted by molar-refractivity contribution is 5.96. The van der Waals surface area contributed by atoms with Crippen LogP contribution in [0.4, 0.5) is 8.78 Å². The molecule has 0 aliphatic heterocycles. The standard InChI is InChI=1S/C14H8F2N2O3/c15-8-1-2-12(10(16)4-8)21-13-3-7-6-17-18-11(7)5-9(13)14(19)20/h1-6H,(H,17,18)(H,19,20). The summed E-state index contributed by atoms with van der Waals surface area (Å²) in [4.78, 5) is 11.2. The second-order valence-corrected chi connectivity index (χ2v) is 4.29. The van der Waals surface area contributed by atoms with Gasteiger partial charge in [-0.25, -0.2) is 13.6 Å². The minimum absolute atomic E-state index is 0.0538. The Morgan fingerprint density at radius 1 is 1.19 bits per heavy atom. The van der Waals surface area contributed by atoms with Crippen molar-refractivity contribution in [3.63, 3.8) is 0 Å². The number of carboxylic acid groups (broad SMARTS) is 1. The summed E-state index contributed by atoms with van der Waals surface area (Å²) >= 11 is 0. The third kappa shape index (κ3) is 2.40. The highest BCUT2D eigenvalue weighted by Crippen LogP contribution is 2.31. The summed E-state index contributed by atoms with van der Waals surface area (Å²) in [6.07, 6.45) is 1.48. The van der Waals surface area contributed by atoms with Crippen LogP contribution in [0.1, 0.15) is 10.4 Å².